The number of para-hydroxylation sites is 1. The fraction of sp³-hybridized carbons (Fsp3) is 0.190. The van der Waals surface area contributed by atoms with Gasteiger partial charge in [0.1, 0.15) is 28.8 Å². The van der Waals surface area contributed by atoms with Crippen LogP contribution in [0, 0.1) is 11.6 Å². The maximum Gasteiger partial charge on any atom is 0.276 e. The summed E-state index contributed by atoms with van der Waals surface area (Å²) >= 11 is 0. The Bertz CT molecular complexity index is 982. The smallest absolute Gasteiger partial charge is 0.276 e. The number of aromatic nitrogens is 2. The van der Waals surface area contributed by atoms with Gasteiger partial charge in [0.15, 0.2) is 0 Å². The molecule has 1 aliphatic rings. The lowest BCUT2D eigenvalue weighted by Gasteiger charge is -2.17. The first-order valence-corrected chi connectivity index (χ1v) is 9.29. The molecule has 1 fully saturated rings. The number of carbonyl (C=O) groups is 1. The molecule has 148 valence electrons. The van der Waals surface area contributed by atoms with Gasteiger partial charge < -0.3 is 15.5 Å². The van der Waals surface area contributed by atoms with Gasteiger partial charge in [0, 0.05) is 24.5 Å². The predicted molar refractivity (Wildman–Crippen MR) is 108 cm³/mol. The molecule has 2 heterocycles. The molecule has 3 aromatic rings. The number of benzene rings is 2. The van der Waals surface area contributed by atoms with Crippen LogP contribution >= 0.6 is 0 Å². The Kier molecular flexibility index (Phi) is 5.33. The van der Waals surface area contributed by atoms with Crippen molar-refractivity contribution in [3.05, 3.63) is 72.2 Å². The van der Waals surface area contributed by atoms with Crippen LogP contribution in [0.2, 0.25) is 0 Å². The number of nitrogens with one attached hydrogen (secondary N) is 2. The van der Waals surface area contributed by atoms with Crippen LogP contribution in [0.1, 0.15) is 23.3 Å². The largest absolute Gasteiger partial charge is 0.372 e. The lowest BCUT2D eigenvalue weighted by molar-refractivity contribution is 0.102. The second-order valence-electron chi connectivity index (χ2n) is 6.70. The quantitative estimate of drug-likeness (QED) is 0.672. The zero-order valence-electron chi connectivity index (χ0n) is 15.5. The van der Waals surface area contributed by atoms with Gasteiger partial charge in [-0.1, -0.05) is 6.07 Å². The normalized spacial score (nSPS) is 13.4. The summed E-state index contributed by atoms with van der Waals surface area (Å²) in [7, 11) is 0. The summed E-state index contributed by atoms with van der Waals surface area (Å²) in [5.41, 5.74) is 1.46. The molecule has 0 aliphatic carbocycles. The van der Waals surface area contributed by atoms with Gasteiger partial charge in [-0.25, -0.2) is 18.7 Å². The molecule has 6 nitrogen and oxygen atoms in total. The van der Waals surface area contributed by atoms with Crippen molar-refractivity contribution in [2.75, 3.05) is 28.6 Å². The van der Waals surface area contributed by atoms with E-state index in [-0.39, 0.29) is 5.69 Å². The Morgan fingerprint density at radius 3 is 2.24 bits per heavy atom. The first-order valence-electron chi connectivity index (χ1n) is 9.29. The van der Waals surface area contributed by atoms with E-state index < -0.39 is 23.2 Å². The minimum Gasteiger partial charge on any atom is -0.372 e. The Labute approximate surface area is 166 Å². The minimum absolute atomic E-state index is 0.0532. The van der Waals surface area contributed by atoms with Crippen molar-refractivity contribution >= 4 is 28.8 Å². The monoisotopic (exact) mass is 395 g/mol. The van der Waals surface area contributed by atoms with E-state index in [1.165, 1.54) is 37.0 Å². The van der Waals surface area contributed by atoms with Crippen LogP contribution in [-0.2, 0) is 0 Å². The van der Waals surface area contributed by atoms with Gasteiger partial charge in [-0.3, -0.25) is 4.79 Å². The highest BCUT2D eigenvalue weighted by Gasteiger charge is 2.15. The van der Waals surface area contributed by atoms with Crippen LogP contribution in [0.25, 0.3) is 0 Å². The molecular weight excluding hydrogens is 376 g/mol. The van der Waals surface area contributed by atoms with Crippen LogP contribution in [0.5, 0.6) is 0 Å². The second-order valence-corrected chi connectivity index (χ2v) is 6.70. The summed E-state index contributed by atoms with van der Waals surface area (Å²) in [6.45, 7) is 2.16. The highest BCUT2D eigenvalue weighted by molar-refractivity contribution is 6.02. The van der Waals surface area contributed by atoms with Crippen molar-refractivity contribution in [2.24, 2.45) is 0 Å². The summed E-state index contributed by atoms with van der Waals surface area (Å²) in [5.74, 6) is -2.01. The highest BCUT2D eigenvalue weighted by Crippen LogP contribution is 2.23. The zero-order valence-corrected chi connectivity index (χ0v) is 15.5. The van der Waals surface area contributed by atoms with E-state index in [4.69, 9.17) is 0 Å². The molecular formula is C21H19F2N5O. The van der Waals surface area contributed by atoms with E-state index in [1.54, 1.807) is 0 Å². The topological polar surface area (TPSA) is 70.2 Å². The number of nitrogens with zero attached hydrogens (tertiary/aromatic N) is 3. The lowest BCUT2D eigenvalue weighted by Crippen LogP contribution is -2.17. The predicted octanol–water partition coefficient (Wildman–Crippen LogP) is 4.35. The van der Waals surface area contributed by atoms with E-state index in [1.807, 2.05) is 24.3 Å². The number of amides is 1. The van der Waals surface area contributed by atoms with Gasteiger partial charge in [0.2, 0.25) is 0 Å². The van der Waals surface area contributed by atoms with E-state index in [2.05, 4.69) is 25.5 Å². The Hall–Kier alpha value is -3.55. The molecule has 0 radical (unpaired) electrons. The van der Waals surface area contributed by atoms with E-state index in [0.29, 0.717) is 5.82 Å². The average Bonchev–Trinajstić information content (AvgIpc) is 3.27. The van der Waals surface area contributed by atoms with Gasteiger partial charge in [0.05, 0.1) is 12.4 Å². The molecule has 4 rings (SSSR count). The molecule has 8 heteroatoms. The van der Waals surface area contributed by atoms with Gasteiger partial charge in [-0.05, 0) is 49.2 Å². The van der Waals surface area contributed by atoms with Crippen molar-refractivity contribution in [2.45, 2.75) is 12.8 Å². The fourth-order valence-corrected chi connectivity index (χ4v) is 3.18. The molecule has 0 bridgehead atoms. The van der Waals surface area contributed by atoms with Crippen molar-refractivity contribution in [3.63, 3.8) is 0 Å². The molecule has 0 unspecified atom stereocenters. The molecule has 0 spiro atoms. The highest BCUT2D eigenvalue weighted by atomic mass is 19.1. The van der Waals surface area contributed by atoms with E-state index in [9.17, 15) is 13.6 Å². The molecule has 1 aromatic heterocycles. The van der Waals surface area contributed by atoms with Crippen LogP contribution in [-0.4, -0.2) is 29.0 Å². The van der Waals surface area contributed by atoms with E-state index in [0.717, 1.165) is 30.9 Å². The third-order valence-electron chi connectivity index (χ3n) is 4.70. The van der Waals surface area contributed by atoms with Crippen LogP contribution in [0.3, 0.4) is 0 Å². The summed E-state index contributed by atoms with van der Waals surface area (Å²) in [6, 6.07) is 11.3. The molecule has 1 amide bonds. The molecule has 1 saturated heterocycles. The molecule has 29 heavy (non-hydrogen) atoms. The average molecular weight is 395 g/mol. The third kappa shape index (κ3) is 4.31. The number of hydrogen-bond donors (Lipinski definition) is 2. The number of carbonyl (C=O) groups excluding carboxylic acids is 1. The van der Waals surface area contributed by atoms with Crippen molar-refractivity contribution < 1.29 is 13.6 Å². The van der Waals surface area contributed by atoms with Gasteiger partial charge >= 0.3 is 0 Å². The van der Waals surface area contributed by atoms with Gasteiger partial charge in [0.25, 0.3) is 5.91 Å². The Morgan fingerprint density at radius 2 is 1.62 bits per heavy atom. The lowest BCUT2D eigenvalue weighted by atomic mass is 10.2. The maximum atomic E-state index is 13.7. The summed E-state index contributed by atoms with van der Waals surface area (Å²) in [6.07, 6.45) is 5.08. The van der Waals surface area contributed by atoms with Crippen molar-refractivity contribution in [1.82, 2.24) is 9.97 Å². The molecule has 0 saturated carbocycles. The number of rotatable bonds is 5. The van der Waals surface area contributed by atoms with Gasteiger partial charge in [-0.15, -0.1) is 0 Å². The fourth-order valence-electron chi connectivity index (χ4n) is 3.18. The standard InChI is InChI=1S/C21H19F2N5O/c22-16-4-3-5-17(23)20(16)27-21(29)18-12-25-19(13-24-18)26-14-6-8-15(9-7-14)28-10-1-2-11-28/h3-9,12-13H,1-2,10-11H2,(H,25,26)(H,27,29). The first kappa shape index (κ1) is 18.8. The van der Waals surface area contributed by atoms with Crippen LogP contribution < -0.4 is 15.5 Å². The molecule has 0 atom stereocenters. The summed E-state index contributed by atoms with van der Waals surface area (Å²) < 4.78 is 27.3. The number of anilines is 4. The van der Waals surface area contributed by atoms with Crippen LogP contribution in [0.4, 0.5) is 31.7 Å². The minimum atomic E-state index is -0.859. The zero-order chi connectivity index (χ0) is 20.2. The molecule has 2 N–H and O–H groups in total. The van der Waals surface area contributed by atoms with Crippen molar-refractivity contribution in [1.29, 1.82) is 0 Å². The summed E-state index contributed by atoms with van der Waals surface area (Å²) in [4.78, 5) is 22.7. The molecule has 2 aromatic carbocycles. The third-order valence-corrected chi connectivity index (χ3v) is 4.70. The second kappa shape index (κ2) is 8.22. The number of halogens is 2. The van der Waals surface area contributed by atoms with E-state index >= 15 is 0 Å². The Morgan fingerprint density at radius 1 is 0.931 bits per heavy atom. The van der Waals surface area contributed by atoms with Crippen LogP contribution in [0.15, 0.2) is 54.9 Å². The maximum absolute atomic E-state index is 13.7. The summed E-state index contributed by atoms with van der Waals surface area (Å²) in [5, 5.41) is 5.29. The SMILES string of the molecule is O=C(Nc1c(F)cccc1F)c1cnc(Nc2ccc(N3CCCC3)cc2)cn1. The van der Waals surface area contributed by atoms with Crippen molar-refractivity contribution in [3.8, 4) is 0 Å². The molecule has 1 aliphatic heterocycles. The van der Waals surface area contributed by atoms with Gasteiger partial charge in [-0.2, -0.15) is 0 Å². The Balaban J connectivity index is 1.40. The first-order chi connectivity index (χ1) is 14.1. The number of hydrogen-bond acceptors (Lipinski definition) is 5.